The van der Waals surface area contributed by atoms with Crippen LogP contribution in [0.5, 0.6) is 0 Å². The number of hydrogen-bond acceptors (Lipinski definition) is 2. The minimum Gasteiger partial charge on any atom is -0.344 e. The lowest BCUT2D eigenvalue weighted by Crippen LogP contribution is -2.29. The Bertz CT molecular complexity index is 153. The van der Waals surface area contributed by atoms with E-state index in [0.29, 0.717) is 6.42 Å². The molecule has 1 aliphatic rings. The quantitative estimate of drug-likeness (QED) is 0.634. The Morgan fingerprint density at radius 3 is 2.69 bits per heavy atom. The van der Waals surface area contributed by atoms with Gasteiger partial charge in [-0.05, 0) is 18.8 Å². The van der Waals surface area contributed by atoms with Crippen LogP contribution in [0.15, 0.2) is 0 Å². The summed E-state index contributed by atoms with van der Waals surface area (Å²) in [5.41, 5.74) is 5.19. The van der Waals surface area contributed by atoms with Crippen molar-refractivity contribution in [1.29, 1.82) is 0 Å². The highest BCUT2D eigenvalue weighted by atomic mass is 16.1. The lowest BCUT2D eigenvalue weighted by molar-refractivity contribution is -0.121. The van der Waals surface area contributed by atoms with E-state index in [1.54, 1.807) is 0 Å². The van der Waals surface area contributed by atoms with Gasteiger partial charge >= 0.3 is 0 Å². The summed E-state index contributed by atoms with van der Waals surface area (Å²) in [4.78, 5) is 11.0. The summed E-state index contributed by atoms with van der Waals surface area (Å²) in [6.07, 6.45) is 8.42. The van der Waals surface area contributed by atoms with Gasteiger partial charge in [0.25, 0.3) is 0 Å². The van der Waals surface area contributed by atoms with Crippen molar-refractivity contribution >= 4 is 5.91 Å². The second-order valence-corrected chi connectivity index (χ2v) is 3.85. The zero-order chi connectivity index (χ0) is 9.52. The van der Waals surface area contributed by atoms with Crippen LogP contribution in [0.1, 0.15) is 44.9 Å². The fraction of sp³-hybridized carbons (Fsp3) is 0.900. The summed E-state index contributed by atoms with van der Waals surface area (Å²) in [5.74, 6) is 0.992. The molecule has 0 spiro atoms. The third-order valence-corrected chi connectivity index (χ3v) is 2.79. The normalized spacial score (nSPS) is 17.6. The molecule has 0 saturated heterocycles. The molecule has 1 rings (SSSR count). The average molecular weight is 184 g/mol. The summed E-state index contributed by atoms with van der Waals surface area (Å²) < 4.78 is 0. The third-order valence-electron chi connectivity index (χ3n) is 2.79. The maximum Gasteiger partial charge on any atom is 0.220 e. The Balaban J connectivity index is 1.96. The Morgan fingerprint density at radius 2 is 2.08 bits per heavy atom. The van der Waals surface area contributed by atoms with Crippen LogP contribution in [0, 0.1) is 5.92 Å². The van der Waals surface area contributed by atoms with E-state index in [2.05, 4.69) is 5.32 Å². The molecule has 1 saturated carbocycles. The number of hydrogen-bond donors (Lipinski definition) is 2. The van der Waals surface area contributed by atoms with Crippen LogP contribution in [0.3, 0.4) is 0 Å². The van der Waals surface area contributed by atoms with Crippen LogP contribution in [-0.2, 0) is 4.79 Å². The molecule has 0 radical (unpaired) electrons. The first-order valence-corrected chi connectivity index (χ1v) is 5.29. The van der Waals surface area contributed by atoms with Crippen LogP contribution in [0.25, 0.3) is 0 Å². The maximum atomic E-state index is 11.0. The first-order valence-electron chi connectivity index (χ1n) is 5.29. The zero-order valence-corrected chi connectivity index (χ0v) is 8.22. The standard InChI is InChI=1S/C10H20N2O/c11-8-12-10(13)7-3-6-9-4-1-2-5-9/h9H,1-8,11H2,(H,12,13). The van der Waals surface area contributed by atoms with Crippen molar-refractivity contribution in [3.05, 3.63) is 0 Å². The Morgan fingerprint density at radius 1 is 1.38 bits per heavy atom. The van der Waals surface area contributed by atoms with Crippen molar-refractivity contribution in [2.45, 2.75) is 44.9 Å². The van der Waals surface area contributed by atoms with Gasteiger partial charge in [0.2, 0.25) is 5.91 Å². The molecule has 0 heterocycles. The van der Waals surface area contributed by atoms with Crippen LogP contribution >= 0.6 is 0 Å². The molecule has 0 aromatic heterocycles. The van der Waals surface area contributed by atoms with Crippen LogP contribution in [0.4, 0.5) is 0 Å². The van der Waals surface area contributed by atoms with Crippen molar-refractivity contribution in [1.82, 2.24) is 5.32 Å². The molecule has 3 nitrogen and oxygen atoms in total. The molecule has 0 aromatic carbocycles. The van der Waals surface area contributed by atoms with E-state index in [9.17, 15) is 4.79 Å². The van der Waals surface area contributed by atoms with E-state index >= 15 is 0 Å². The van der Waals surface area contributed by atoms with Gasteiger partial charge in [0.05, 0.1) is 6.67 Å². The molecule has 3 N–H and O–H groups in total. The van der Waals surface area contributed by atoms with Gasteiger partial charge in [0.15, 0.2) is 0 Å². The molecule has 76 valence electrons. The van der Waals surface area contributed by atoms with Gasteiger partial charge < -0.3 is 11.1 Å². The fourth-order valence-corrected chi connectivity index (χ4v) is 2.05. The molecule has 1 aliphatic carbocycles. The smallest absolute Gasteiger partial charge is 0.220 e. The molecule has 1 fully saturated rings. The van der Waals surface area contributed by atoms with Gasteiger partial charge in [0.1, 0.15) is 0 Å². The van der Waals surface area contributed by atoms with Crippen LogP contribution in [0.2, 0.25) is 0 Å². The van der Waals surface area contributed by atoms with Gasteiger partial charge in [0, 0.05) is 6.42 Å². The minimum atomic E-state index is 0.0977. The molecule has 13 heavy (non-hydrogen) atoms. The van der Waals surface area contributed by atoms with E-state index in [-0.39, 0.29) is 12.6 Å². The first kappa shape index (κ1) is 10.5. The van der Waals surface area contributed by atoms with Crippen molar-refractivity contribution in [3.8, 4) is 0 Å². The second-order valence-electron chi connectivity index (χ2n) is 3.85. The Labute approximate surface area is 80.1 Å². The zero-order valence-electron chi connectivity index (χ0n) is 8.22. The average Bonchev–Trinajstić information content (AvgIpc) is 2.57. The first-order chi connectivity index (χ1) is 6.33. The van der Waals surface area contributed by atoms with Gasteiger partial charge in [-0.1, -0.05) is 25.7 Å². The minimum absolute atomic E-state index is 0.0977. The number of carbonyl (C=O) groups excluding carboxylic acids is 1. The van der Waals surface area contributed by atoms with Crippen LogP contribution < -0.4 is 11.1 Å². The summed E-state index contributed by atoms with van der Waals surface area (Å²) in [7, 11) is 0. The van der Waals surface area contributed by atoms with Gasteiger partial charge in [-0.15, -0.1) is 0 Å². The molecule has 3 heteroatoms. The predicted molar refractivity (Wildman–Crippen MR) is 53.0 cm³/mol. The number of nitrogens with two attached hydrogens (primary N) is 1. The Hall–Kier alpha value is -0.570. The van der Waals surface area contributed by atoms with Gasteiger partial charge in [-0.25, -0.2) is 0 Å². The van der Waals surface area contributed by atoms with Crippen molar-refractivity contribution in [2.75, 3.05) is 6.67 Å². The second kappa shape index (κ2) is 5.97. The summed E-state index contributed by atoms with van der Waals surface area (Å²) in [6, 6.07) is 0. The lowest BCUT2D eigenvalue weighted by atomic mass is 10.0. The largest absolute Gasteiger partial charge is 0.344 e. The van der Waals surface area contributed by atoms with Crippen LogP contribution in [-0.4, -0.2) is 12.6 Å². The fourth-order valence-electron chi connectivity index (χ4n) is 2.05. The number of carbonyl (C=O) groups is 1. The number of rotatable bonds is 5. The summed E-state index contributed by atoms with van der Waals surface area (Å²) in [5, 5.41) is 2.61. The maximum absolute atomic E-state index is 11.0. The molecule has 0 bridgehead atoms. The number of amides is 1. The molecular formula is C10H20N2O. The third kappa shape index (κ3) is 4.27. The van der Waals surface area contributed by atoms with E-state index in [4.69, 9.17) is 5.73 Å². The highest BCUT2D eigenvalue weighted by Crippen LogP contribution is 2.28. The molecule has 0 aliphatic heterocycles. The van der Waals surface area contributed by atoms with Crippen molar-refractivity contribution < 1.29 is 4.79 Å². The predicted octanol–water partition coefficient (Wildman–Crippen LogP) is 1.38. The van der Waals surface area contributed by atoms with Gasteiger partial charge in [-0.3, -0.25) is 4.79 Å². The molecule has 1 amide bonds. The van der Waals surface area contributed by atoms with Crippen molar-refractivity contribution in [3.63, 3.8) is 0 Å². The molecule has 0 aromatic rings. The van der Waals surface area contributed by atoms with Gasteiger partial charge in [-0.2, -0.15) is 0 Å². The van der Waals surface area contributed by atoms with E-state index < -0.39 is 0 Å². The highest BCUT2D eigenvalue weighted by Gasteiger charge is 2.14. The summed E-state index contributed by atoms with van der Waals surface area (Å²) in [6.45, 7) is 0.266. The van der Waals surface area contributed by atoms with E-state index in [0.717, 1.165) is 12.3 Å². The lowest BCUT2D eigenvalue weighted by Gasteiger charge is -2.07. The van der Waals surface area contributed by atoms with Crippen molar-refractivity contribution in [2.24, 2.45) is 11.7 Å². The van der Waals surface area contributed by atoms with E-state index in [1.807, 2.05) is 0 Å². The Kier molecular flexibility index (Phi) is 4.83. The topological polar surface area (TPSA) is 55.1 Å². The molecule has 0 atom stereocenters. The highest BCUT2D eigenvalue weighted by molar-refractivity contribution is 5.75. The number of nitrogens with one attached hydrogen (secondary N) is 1. The monoisotopic (exact) mass is 184 g/mol. The summed E-state index contributed by atoms with van der Waals surface area (Å²) >= 11 is 0. The molecule has 0 unspecified atom stereocenters. The SMILES string of the molecule is NCNC(=O)CCCC1CCCC1. The molecular weight excluding hydrogens is 164 g/mol. The van der Waals surface area contributed by atoms with E-state index in [1.165, 1.54) is 32.1 Å².